The summed E-state index contributed by atoms with van der Waals surface area (Å²) in [6, 6.07) is 4.99. The van der Waals surface area contributed by atoms with Crippen LogP contribution in [0.3, 0.4) is 0 Å². The van der Waals surface area contributed by atoms with Crippen LogP contribution in [0.4, 0.5) is 4.39 Å². The molecule has 0 amide bonds. The molecule has 4 heteroatoms. The topological polar surface area (TPSA) is 23.5 Å². The lowest BCUT2D eigenvalue weighted by molar-refractivity contribution is 0.118. The Morgan fingerprint density at radius 1 is 1.33 bits per heavy atom. The van der Waals surface area contributed by atoms with Gasteiger partial charge in [-0.25, -0.2) is 4.39 Å². The molecule has 1 aromatic carbocycles. The fourth-order valence-electron chi connectivity index (χ4n) is 2.53. The summed E-state index contributed by atoms with van der Waals surface area (Å²) in [5.41, 5.74) is 0.954. The largest absolute Gasteiger partial charge is 0.395 e. The van der Waals surface area contributed by atoms with E-state index in [1.807, 2.05) is 0 Å². The predicted molar refractivity (Wildman–Crippen MR) is 73.9 cm³/mol. The maximum atomic E-state index is 13.3. The van der Waals surface area contributed by atoms with E-state index in [0.717, 1.165) is 29.4 Å². The summed E-state index contributed by atoms with van der Waals surface area (Å²) in [7, 11) is 0. The van der Waals surface area contributed by atoms with Crippen molar-refractivity contribution in [2.24, 2.45) is 0 Å². The second kappa shape index (κ2) is 6.64. The zero-order valence-corrected chi connectivity index (χ0v) is 12.0. The average Bonchev–Trinajstić information content (AvgIpc) is 2.59. The van der Waals surface area contributed by atoms with Crippen LogP contribution in [0, 0.1) is 5.82 Å². The van der Waals surface area contributed by atoms with Gasteiger partial charge in [-0.05, 0) is 43.1 Å². The van der Waals surface area contributed by atoms with Crippen LogP contribution in [0.15, 0.2) is 22.7 Å². The van der Waals surface area contributed by atoms with Gasteiger partial charge in [-0.3, -0.25) is 4.90 Å². The number of nitrogens with zero attached hydrogens (tertiary/aromatic N) is 1. The van der Waals surface area contributed by atoms with Crippen molar-refractivity contribution in [2.75, 3.05) is 13.2 Å². The minimum atomic E-state index is -0.205. The second-order valence-corrected chi connectivity index (χ2v) is 5.75. The van der Waals surface area contributed by atoms with Crippen LogP contribution in [0.2, 0.25) is 0 Å². The first-order valence-electron chi connectivity index (χ1n) is 6.49. The molecule has 1 aliphatic rings. The van der Waals surface area contributed by atoms with E-state index in [1.165, 1.54) is 18.9 Å². The summed E-state index contributed by atoms with van der Waals surface area (Å²) in [5, 5.41) is 9.46. The molecule has 2 rings (SSSR count). The monoisotopic (exact) mass is 315 g/mol. The molecule has 1 unspecified atom stereocenters. The zero-order valence-electron chi connectivity index (χ0n) is 10.4. The fraction of sp³-hybridized carbons (Fsp3) is 0.571. The molecule has 0 spiro atoms. The summed E-state index contributed by atoms with van der Waals surface area (Å²) >= 11 is 3.46. The molecule has 1 aromatic rings. The molecule has 0 bridgehead atoms. The van der Waals surface area contributed by atoms with Gasteiger partial charge >= 0.3 is 0 Å². The zero-order chi connectivity index (χ0) is 13.0. The van der Waals surface area contributed by atoms with Crippen LogP contribution < -0.4 is 0 Å². The molecule has 1 fully saturated rings. The van der Waals surface area contributed by atoms with Crippen molar-refractivity contribution >= 4 is 15.9 Å². The highest BCUT2D eigenvalue weighted by Crippen LogP contribution is 2.23. The molecular weight excluding hydrogens is 297 g/mol. The first-order chi connectivity index (χ1) is 8.70. The molecule has 1 N–H and O–H groups in total. The van der Waals surface area contributed by atoms with E-state index >= 15 is 0 Å². The van der Waals surface area contributed by atoms with Crippen molar-refractivity contribution in [3.05, 3.63) is 34.1 Å². The van der Waals surface area contributed by atoms with E-state index in [9.17, 15) is 9.50 Å². The van der Waals surface area contributed by atoms with Gasteiger partial charge in [-0.15, -0.1) is 0 Å². The van der Waals surface area contributed by atoms with Crippen LogP contribution >= 0.6 is 15.9 Å². The lowest BCUT2D eigenvalue weighted by Crippen LogP contribution is -2.37. The summed E-state index contributed by atoms with van der Waals surface area (Å²) < 4.78 is 14.2. The second-order valence-electron chi connectivity index (χ2n) is 4.89. The van der Waals surface area contributed by atoms with Gasteiger partial charge in [0.05, 0.1) is 6.61 Å². The van der Waals surface area contributed by atoms with Gasteiger partial charge in [0.1, 0.15) is 5.82 Å². The lowest BCUT2D eigenvalue weighted by atomic mass is 10.1. The molecule has 0 saturated carbocycles. The Morgan fingerprint density at radius 3 is 2.94 bits per heavy atom. The van der Waals surface area contributed by atoms with Crippen LogP contribution in [-0.4, -0.2) is 29.2 Å². The number of hydrogen-bond donors (Lipinski definition) is 1. The van der Waals surface area contributed by atoms with E-state index in [4.69, 9.17) is 0 Å². The van der Waals surface area contributed by atoms with Crippen molar-refractivity contribution < 1.29 is 9.50 Å². The molecule has 1 atom stereocenters. The van der Waals surface area contributed by atoms with Crippen LogP contribution in [0.25, 0.3) is 0 Å². The minimum Gasteiger partial charge on any atom is -0.395 e. The van der Waals surface area contributed by atoms with Crippen molar-refractivity contribution in [3.8, 4) is 0 Å². The average molecular weight is 316 g/mol. The molecular formula is C14H19BrFNO. The Balaban J connectivity index is 2.12. The van der Waals surface area contributed by atoms with Gasteiger partial charge in [0, 0.05) is 17.1 Å². The van der Waals surface area contributed by atoms with E-state index in [2.05, 4.69) is 20.8 Å². The third-order valence-corrected chi connectivity index (χ3v) is 4.36. The summed E-state index contributed by atoms with van der Waals surface area (Å²) in [5.74, 6) is -0.205. The molecule has 1 saturated heterocycles. The highest BCUT2D eigenvalue weighted by Gasteiger charge is 2.21. The normalized spacial score (nSPS) is 21.8. The molecule has 0 aliphatic carbocycles. The van der Waals surface area contributed by atoms with Crippen molar-refractivity contribution in [3.63, 3.8) is 0 Å². The number of hydrogen-bond acceptors (Lipinski definition) is 2. The van der Waals surface area contributed by atoms with Gasteiger partial charge < -0.3 is 5.11 Å². The molecule has 100 valence electrons. The van der Waals surface area contributed by atoms with Crippen molar-refractivity contribution in [1.29, 1.82) is 0 Å². The maximum absolute atomic E-state index is 13.3. The third-order valence-electron chi connectivity index (χ3n) is 3.59. The van der Waals surface area contributed by atoms with Crippen molar-refractivity contribution in [1.82, 2.24) is 4.90 Å². The Hall–Kier alpha value is -0.450. The summed E-state index contributed by atoms with van der Waals surface area (Å²) in [6.07, 6.45) is 4.58. The Kier molecular flexibility index (Phi) is 5.15. The molecule has 2 nitrogen and oxygen atoms in total. The fourth-order valence-corrected chi connectivity index (χ4v) is 2.91. The number of halogens is 2. The van der Waals surface area contributed by atoms with Gasteiger partial charge in [-0.2, -0.15) is 0 Å². The lowest BCUT2D eigenvalue weighted by Gasteiger charge is -2.28. The molecule has 0 aromatic heterocycles. The van der Waals surface area contributed by atoms with Crippen LogP contribution in [0.1, 0.15) is 31.2 Å². The maximum Gasteiger partial charge on any atom is 0.123 e. The SMILES string of the molecule is OCC1CCCCCN1Cc1cc(F)ccc1Br. The highest BCUT2D eigenvalue weighted by atomic mass is 79.9. The molecule has 1 heterocycles. The Labute approximate surface area is 116 Å². The third kappa shape index (κ3) is 3.53. The quantitative estimate of drug-likeness (QED) is 0.925. The van der Waals surface area contributed by atoms with E-state index < -0.39 is 0 Å². The Bertz CT molecular complexity index is 399. The standard InChI is InChI=1S/C14H19BrFNO/c15-14-6-5-12(16)8-11(14)9-17-7-3-1-2-4-13(17)10-18/h5-6,8,13,18H,1-4,7,9-10H2. The number of benzene rings is 1. The van der Waals surface area contributed by atoms with Gasteiger partial charge in [0.15, 0.2) is 0 Å². The van der Waals surface area contributed by atoms with Gasteiger partial charge in [-0.1, -0.05) is 28.8 Å². The number of rotatable bonds is 3. The van der Waals surface area contributed by atoms with E-state index in [1.54, 1.807) is 12.1 Å². The highest BCUT2D eigenvalue weighted by molar-refractivity contribution is 9.10. The summed E-state index contributed by atoms with van der Waals surface area (Å²) in [4.78, 5) is 2.27. The molecule has 1 aliphatic heterocycles. The smallest absolute Gasteiger partial charge is 0.123 e. The van der Waals surface area contributed by atoms with Gasteiger partial charge in [0.25, 0.3) is 0 Å². The van der Waals surface area contributed by atoms with Crippen LogP contribution in [0.5, 0.6) is 0 Å². The number of aliphatic hydroxyl groups is 1. The van der Waals surface area contributed by atoms with Crippen LogP contribution in [-0.2, 0) is 6.54 Å². The Morgan fingerprint density at radius 2 is 2.17 bits per heavy atom. The van der Waals surface area contributed by atoms with E-state index in [-0.39, 0.29) is 18.5 Å². The minimum absolute atomic E-state index is 0.187. The van der Waals surface area contributed by atoms with Crippen molar-refractivity contribution in [2.45, 2.75) is 38.3 Å². The molecule has 18 heavy (non-hydrogen) atoms. The van der Waals surface area contributed by atoms with E-state index in [0.29, 0.717) is 6.54 Å². The molecule has 0 radical (unpaired) electrons. The first-order valence-corrected chi connectivity index (χ1v) is 7.29. The number of likely N-dealkylation sites (tertiary alicyclic amines) is 1. The first kappa shape index (κ1) is 14.0. The van der Waals surface area contributed by atoms with Gasteiger partial charge in [0.2, 0.25) is 0 Å². The number of aliphatic hydroxyl groups excluding tert-OH is 1. The summed E-state index contributed by atoms with van der Waals surface area (Å²) in [6.45, 7) is 1.87. The predicted octanol–water partition coefficient (Wildman–Crippen LogP) is 3.33.